The zero-order chi connectivity index (χ0) is 19.5. The number of sulfonamides is 1. The molecule has 6 nitrogen and oxygen atoms in total. The summed E-state index contributed by atoms with van der Waals surface area (Å²) >= 11 is 0. The Morgan fingerprint density at radius 3 is 2.23 bits per heavy atom. The smallest absolute Gasteiger partial charge is 0.262 e. The summed E-state index contributed by atoms with van der Waals surface area (Å²) in [5, 5.41) is 2.67. The van der Waals surface area contributed by atoms with Gasteiger partial charge in [-0.3, -0.25) is 4.79 Å². The lowest BCUT2D eigenvalue weighted by Crippen LogP contribution is -2.24. The van der Waals surface area contributed by atoms with Crippen molar-refractivity contribution >= 4 is 21.6 Å². The second-order valence-electron chi connectivity index (χ2n) is 6.43. The van der Waals surface area contributed by atoms with Gasteiger partial charge in [-0.25, -0.2) is 12.7 Å². The van der Waals surface area contributed by atoms with E-state index in [1.54, 1.807) is 19.1 Å². The van der Waals surface area contributed by atoms with Gasteiger partial charge in [-0.1, -0.05) is 12.1 Å². The molecule has 0 fully saturated rings. The summed E-state index contributed by atoms with van der Waals surface area (Å²) in [7, 11) is -0.640. The van der Waals surface area contributed by atoms with Crippen LogP contribution < -0.4 is 10.1 Å². The van der Waals surface area contributed by atoms with E-state index in [0.717, 1.165) is 15.4 Å². The molecule has 1 amide bonds. The number of carbonyl (C=O) groups is 1. The number of rotatable bonds is 6. The van der Waals surface area contributed by atoms with Gasteiger partial charge < -0.3 is 10.1 Å². The SMILES string of the molecule is Cc1cc(C)cc(OCC(=O)Nc2ccc(C)c(S(=O)(=O)N(C)C)c2)c1. The third-order valence-electron chi connectivity index (χ3n) is 3.80. The van der Waals surface area contributed by atoms with Gasteiger partial charge >= 0.3 is 0 Å². The molecule has 7 heteroatoms. The van der Waals surface area contributed by atoms with E-state index in [-0.39, 0.29) is 17.4 Å². The number of hydrogen-bond donors (Lipinski definition) is 1. The van der Waals surface area contributed by atoms with Crippen LogP contribution in [0, 0.1) is 20.8 Å². The minimum atomic E-state index is -3.58. The average Bonchev–Trinajstić information content (AvgIpc) is 2.53. The summed E-state index contributed by atoms with van der Waals surface area (Å²) in [5.41, 5.74) is 3.13. The number of ether oxygens (including phenoxy) is 1. The maximum Gasteiger partial charge on any atom is 0.262 e. The van der Waals surface area contributed by atoms with Crippen LogP contribution in [-0.4, -0.2) is 39.3 Å². The number of anilines is 1. The van der Waals surface area contributed by atoms with Gasteiger partial charge in [0.15, 0.2) is 6.61 Å². The van der Waals surface area contributed by atoms with Crippen LogP contribution in [0.2, 0.25) is 0 Å². The molecule has 0 aliphatic carbocycles. The van der Waals surface area contributed by atoms with Crippen molar-refractivity contribution in [3.63, 3.8) is 0 Å². The van der Waals surface area contributed by atoms with Crippen molar-refractivity contribution in [2.45, 2.75) is 25.7 Å². The number of benzene rings is 2. The van der Waals surface area contributed by atoms with Gasteiger partial charge in [0.1, 0.15) is 5.75 Å². The first-order valence-electron chi connectivity index (χ1n) is 8.14. The van der Waals surface area contributed by atoms with Crippen LogP contribution in [0.4, 0.5) is 5.69 Å². The number of aryl methyl sites for hydroxylation is 3. The second-order valence-corrected chi connectivity index (χ2v) is 8.55. The van der Waals surface area contributed by atoms with Crippen LogP contribution in [0.5, 0.6) is 5.75 Å². The molecule has 0 heterocycles. The zero-order valence-corrected chi connectivity index (χ0v) is 16.5. The summed E-state index contributed by atoms with van der Waals surface area (Å²) < 4.78 is 31.4. The number of hydrogen-bond acceptors (Lipinski definition) is 4. The Hall–Kier alpha value is -2.38. The lowest BCUT2D eigenvalue weighted by Gasteiger charge is -2.15. The van der Waals surface area contributed by atoms with Gasteiger partial charge in [-0.15, -0.1) is 0 Å². The van der Waals surface area contributed by atoms with E-state index in [4.69, 9.17) is 4.74 Å². The average molecular weight is 376 g/mol. The zero-order valence-electron chi connectivity index (χ0n) is 15.7. The summed E-state index contributed by atoms with van der Waals surface area (Å²) in [5.74, 6) is 0.263. The van der Waals surface area contributed by atoms with Crippen molar-refractivity contribution in [1.29, 1.82) is 0 Å². The van der Waals surface area contributed by atoms with E-state index in [1.165, 1.54) is 20.2 Å². The molecule has 0 saturated carbocycles. The van der Waals surface area contributed by atoms with E-state index < -0.39 is 10.0 Å². The Kier molecular flexibility index (Phi) is 6.05. The Labute approximate surface area is 154 Å². The van der Waals surface area contributed by atoms with Crippen molar-refractivity contribution in [3.8, 4) is 5.75 Å². The molecule has 0 aromatic heterocycles. The fourth-order valence-corrected chi connectivity index (χ4v) is 3.66. The van der Waals surface area contributed by atoms with Crippen LogP contribution >= 0.6 is 0 Å². The molecule has 0 unspecified atom stereocenters. The Balaban J connectivity index is 2.10. The summed E-state index contributed by atoms with van der Waals surface area (Å²) in [6.07, 6.45) is 0. The van der Waals surface area contributed by atoms with E-state index in [0.29, 0.717) is 17.0 Å². The van der Waals surface area contributed by atoms with Crippen molar-refractivity contribution < 1.29 is 17.9 Å². The predicted molar refractivity (Wildman–Crippen MR) is 102 cm³/mol. The number of nitrogens with zero attached hydrogens (tertiary/aromatic N) is 1. The van der Waals surface area contributed by atoms with Crippen LogP contribution in [0.15, 0.2) is 41.3 Å². The van der Waals surface area contributed by atoms with E-state index in [2.05, 4.69) is 5.32 Å². The van der Waals surface area contributed by atoms with Gasteiger partial charge in [-0.05, 0) is 61.7 Å². The summed E-state index contributed by atoms with van der Waals surface area (Å²) in [6.45, 7) is 5.47. The fourth-order valence-electron chi connectivity index (χ4n) is 2.51. The van der Waals surface area contributed by atoms with Crippen LogP contribution in [0.3, 0.4) is 0 Å². The number of nitrogens with one attached hydrogen (secondary N) is 1. The topological polar surface area (TPSA) is 75.7 Å². The molecule has 0 atom stereocenters. The maximum absolute atomic E-state index is 12.4. The molecule has 0 aliphatic rings. The molecule has 0 bridgehead atoms. The highest BCUT2D eigenvalue weighted by Gasteiger charge is 2.20. The van der Waals surface area contributed by atoms with E-state index in [9.17, 15) is 13.2 Å². The molecule has 26 heavy (non-hydrogen) atoms. The molecule has 2 aromatic rings. The predicted octanol–water partition coefficient (Wildman–Crippen LogP) is 2.88. The van der Waals surface area contributed by atoms with Crippen LogP contribution in [-0.2, 0) is 14.8 Å². The molecule has 0 saturated heterocycles. The quantitative estimate of drug-likeness (QED) is 0.841. The first-order chi connectivity index (χ1) is 12.1. The van der Waals surface area contributed by atoms with Crippen LogP contribution in [0.1, 0.15) is 16.7 Å². The highest BCUT2D eigenvalue weighted by atomic mass is 32.2. The van der Waals surface area contributed by atoms with Crippen molar-refractivity contribution in [2.24, 2.45) is 0 Å². The van der Waals surface area contributed by atoms with Gasteiger partial charge in [0.2, 0.25) is 10.0 Å². The Morgan fingerprint density at radius 1 is 1.04 bits per heavy atom. The first kappa shape index (κ1) is 19.9. The van der Waals surface area contributed by atoms with E-state index in [1.807, 2.05) is 32.0 Å². The minimum Gasteiger partial charge on any atom is -0.484 e. The highest BCUT2D eigenvalue weighted by molar-refractivity contribution is 7.89. The summed E-state index contributed by atoms with van der Waals surface area (Å²) in [4.78, 5) is 12.3. The third kappa shape index (κ3) is 4.83. The third-order valence-corrected chi connectivity index (χ3v) is 5.75. The standard InChI is InChI=1S/C19H24N2O4S/c1-13-8-14(2)10-17(9-13)25-12-19(22)20-16-7-6-15(3)18(11-16)26(23,24)21(4)5/h6-11H,12H2,1-5H3,(H,20,22). The van der Waals surface area contributed by atoms with Crippen molar-refractivity contribution in [2.75, 3.05) is 26.0 Å². The minimum absolute atomic E-state index is 0.160. The van der Waals surface area contributed by atoms with Crippen LogP contribution in [0.25, 0.3) is 0 Å². The molecular weight excluding hydrogens is 352 g/mol. The molecule has 0 aliphatic heterocycles. The van der Waals surface area contributed by atoms with Gasteiger partial charge in [0.05, 0.1) is 4.90 Å². The molecule has 2 rings (SSSR count). The molecule has 1 N–H and O–H groups in total. The molecule has 0 radical (unpaired) electrons. The van der Waals surface area contributed by atoms with Gasteiger partial charge in [0, 0.05) is 19.8 Å². The van der Waals surface area contributed by atoms with Crippen molar-refractivity contribution in [1.82, 2.24) is 4.31 Å². The molecule has 2 aromatic carbocycles. The maximum atomic E-state index is 12.4. The molecule has 140 valence electrons. The monoisotopic (exact) mass is 376 g/mol. The number of amides is 1. The summed E-state index contributed by atoms with van der Waals surface area (Å²) in [6, 6.07) is 10.5. The highest BCUT2D eigenvalue weighted by Crippen LogP contribution is 2.22. The first-order valence-corrected chi connectivity index (χ1v) is 9.58. The van der Waals surface area contributed by atoms with E-state index >= 15 is 0 Å². The second kappa shape index (κ2) is 7.88. The Bertz CT molecular complexity index is 901. The molecule has 0 spiro atoms. The van der Waals surface area contributed by atoms with Gasteiger partial charge in [0.25, 0.3) is 5.91 Å². The Morgan fingerprint density at radius 2 is 1.65 bits per heavy atom. The fraction of sp³-hybridized carbons (Fsp3) is 0.316. The molecular formula is C19H24N2O4S. The number of carbonyl (C=O) groups excluding carboxylic acids is 1. The lowest BCUT2D eigenvalue weighted by molar-refractivity contribution is -0.118. The largest absolute Gasteiger partial charge is 0.484 e. The van der Waals surface area contributed by atoms with Crippen molar-refractivity contribution in [3.05, 3.63) is 53.1 Å². The lowest BCUT2D eigenvalue weighted by atomic mass is 10.1. The normalized spacial score (nSPS) is 11.5. The van der Waals surface area contributed by atoms with Gasteiger partial charge in [-0.2, -0.15) is 0 Å².